The van der Waals surface area contributed by atoms with Crippen molar-refractivity contribution in [2.24, 2.45) is 15.4 Å². The van der Waals surface area contributed by atoms with Gasteiger partial charge >= 0.3 is 0 Å². The van der Waals surface area contributed by atoms with Crippen molar-refractivity contribution < 1.29 is 4.79 Å². The minimum Gasteiger partial charge on any atom is -0.336 e. The average Bonchev–Trinajstić information content (AvgIpc) is 2.46. The molecule has 0 bridgehead atoms. The van der Waals surface area contributed by atoms with Crippen molar-refractivity contribution in [3.05, 3.63) is 0 Å². The number of hydrogen-bond donors (Lipinski definition) is 2. The molecule has 0 radical (unpaired) electrons. The van der Waals surface area contributed by atoms with Crippen LogP contribution in [-0.4, -0.2) is 55.9 Å². The van der Waals surface area contributed by atoms with Gasteiger partial charge in [-0.3, -0.25) is 10.2 Å². The average molecular weight is 265 g/mol. The number of likely N-dealkylation sites (tertiary alicyclic amines) is 1. The first-order valence-electron chi connectivity index (χ1n) is 6.51. The fraction of sp³-hybridized carbons (Fsp3) is 0.692. The van der Waals surface area contributed by atoms with Crippen molar-refractivity contribution in [1.29, 1.82) is 5.41 Å². The fourth-order valence-corrected chi connectivity index (χ4v) is 2.46. The third-order valence-electron chi connectivity index (χ3n) is 3.49. The maximum absolute atomic E-state index is 12.4. The molecule has 0 aliphatic carbocycles. The molecule has 0 spiro atoms. The molecule has 1 unspecified atom stereocenters. The van der Waals surface area contributed by atoms with Crippen LogP contribution in [0, 0.1) is 10.8 Å². The summed E-state index contributed by atoms with van der Waals surface area (Å²) < 4.78 is 0. The van der Waals surface area contributed by atoms with E-state index in [0.717, 1.165) is 25.7 Å². The maximum atomic E-state index is 12.4. The Morgan fingerprint density at radius 3 is 2.89 bits per heavy atom. The molecule has 6 heteroatoms. The van der Waals surface area contributed by atoms with Crippen LogP contribution in [0.1, 0.15) is 26.7 Å². The van der Waals surface area contributed by atoms with Gasteiger partial charge in [0.25, 0.3) is 0 Å². The Kier molecular flexibility index (Phi) is 5.82. The molecule has 1 fully saturated rings. The van der Waals surface area contributed by atoms with Crippen molar-refractivity contribution in [1.82, 2.24) is 10.2 Å². The predicted molar refractivity (Wildman–Crippen MR) is 78.2 cm³/mol. The van der Waals surface area contributed by atoms with Crippen LogP contribution in [0.3, 0.4) is 0 Å². The minimum atomic E-state index is -0.154. The molecule has 6 nitrogen and oxygen atoms in total. The molecule has 1 aliphatic rings. The van der Waals surface area contributed by atoms with Gasteiger partial charge in [0.05, 0.1) is 12.6 Å². The molecule has 2 N–H and O–H groups in total. The van der Waals surface area contributed by atoms with Crippen LogP contribution in [0.15, 0.2) is 9.98 Å². The van der Waals surface area contributed by atoms with Gasteiger partial charge in [0.15, 0.2) is 0 Å². The minimum absolute atomic E-state index is 0.0284. The van der Waals surface area contributed by atoms with Crippen molar-refractivity contribution >= 4 is 24.8 Å². The zero-order chi connectivity index (χ0) is 14.3. The fourth-order valence-electron chi connectivity index (χ4n) is 2.46. The molecule has 1 heterocycles. The van der Waals surface area contributed by atoms with Crippen LogP contribution in [0.5, 0.6) is 0 Å². The number of amides is 1. The highest BCUT2D eigenvalue weighted by molar-refractivity contribution is 5.86. The number of nitrogens with one attached hydrogen (secondary N) is 2. The lowest BCUT2D eigenvalue weighted by molar-refractivity contribution is -0.134. The van der Waals surface area contributed by atoms with Gasteiger partial charge in [-0.1, -0.05) is 13.8 Å². The second-order valence-corrected chi connectivity index (χ2v) is 5.32. The van der Waals surface area contributed by atoms with E-state index in [0.29, 0.717) is 6.54 Å². The van der Waals surface area contributed by atoms with Crippen LogP contribution >= 0.6 is 0 Å². The standard InChI is InChI=1S/C13H23N5O/c1-13(2)5-4-7-18(12(19)11(13)15-3)8-6-16-10-17-9-14/h6,9-11,14-15H,4-5,7-8H2,1-3H3/b14-9?,16-6+,17-10-. The van der Waals surface area contributed by atoms with E-state index in [1.54, 1.807) is 6.21 Å². The number of carbonyl (C=O) groups excluding carboxylic acids is 1. The lowest BCUT2D eigenvalue weighted by atomic mass is 9.80. The molecule has 1 atom stereocenters. The van der Waals surface area contributed by atoms with Gasteiger partial charge in [0, 0.05) is 12.8 Å². The Bertz CT molecular complexity index is 375. The summed E-state index contributed by atoms with van der Waals surface area (Å²) in [6, 6.07) is -0.154. The van der Waals surface area contributed by atoms with Crippen LogP contribution in [0.25, 0.3) is 0 Å². The van der Waals surface area contributed by atoms with Crippen LogP contribution < -0.4 is 5.32 Å². The lowest BCUT2D eigenvalue weighted by Crippen LogP contribution is -2.51. The molecule has 19 heavy (non-hydrogen) atoms. The third-order valence-corrected chi connectivity index (χ3v) is 3.49. The van der Waals surface area contributed by atoms with E-state index in [1.807, 2.05) is 11.9 Å². The second-order valence-electron chi connectivity index (χ2n) is 5.32. The highest BCUT2D eigenvalue weighted by Gasteiger charge is 2.38. The predicted octanol–water partition coefficient (Wildman–Crippen LogP) is 0.929. The van der Waals surface area contributed by atoms with Crippen LogP contribution in [0.4, 0.5) is 0 Å². The zero-order valence-electron chi connectivity index (χ0n) is 11.9. The van der Waals surface area contributed by atoms with Gasteiger partial charge in [-0.2, -0.15) is 0 Å². The van der Waals surface area contributed by atoms with Gasteiger partial charge in [-0.15, -0.1) is 0 Å². The summed E-state index contributed by atoms with van der Waals surface area (Å²) in [6.07, 6.45) is 5.89. The Balaban J connectivity index is 2.69. The van der Waals surface area contributed by atoms with Crippen LogP contribution in [0.2, 0.25) is 0 Å². The Labute approximate surface area is 114 Å². The van der Waals surface area contributed by atoms with E-state index >= 15 is 0 Å². The van der Waals surface area contributed by atoms with E-state index in [9.17, 15) is 4.79 Å². The smallest absolute Gasteiger partial charge is 0.240 e. The third kappa shape index (κ3) is 4.24. The quantitative estimate of drug-likeness (QED) is 0.573. The first-order valence-corrected chi connectivity index (χ1v) is 6.51. The number of rotatable bonds is 5. The molecular formula is C13H23N5O. The van der Waals surface area contributed by atoms with Crippen molar-refractivity contribution in [3.8, 4) is 0 Å². The first-order chi connectivity index (χ1) is 9.03. The van der Waals surface area contributed by atoms with Gasteiger partial charge in [-0.05, 0) is 25.3 Å². The zero-order valence-corrected chi connectivity index (χ0v) is 11.9. The van der Waals surface area contributed by atoms with Crippen molar-refractivity contribution in [3.63, 3.8) is 0 Å². The number of nitrogens with zero attached hydrogens (tertiary/aromatic N) is 3. The van der Waals surface area contributed by atoms with Crippen LogP contribution in [-0.2, 0) is 4.79 Å². The van der Waals surface area contributed by atoms with E-state index < -0.39 is 0 Å². The summed E-state index contributed by atoms with van der Waals surface area (Å²) in [7, 11) is 1.83. The number of likely N-dealkylation sites (N-methyl/N-ethyl adjacent to an activating group) is 1. The maximum Gasteiger partial charge on any atom is 0.240 e. The molecular weight excluding hydrogens is 242 g/mol. The largest absolute Gasteiger partial charge is 0.336 e. The van der Waals surface area contributed by atoms with Gasteiger partial charge in [-0.25, -0.2) is 9.98 Å². The van der Waals surface area contributed by atoms with Gasteiger partial charge < -0.3 is 10.2 Å². The molecule has 0 aromatic carbocycles. The van der Waals surface area contributed by atoms with Crippen molar-refractivity contribution in [2.75, 3.05) is 20.1 Å². The summed E-state index contributed by atoms with van der Waals surface area (Å²) in [5.41, 5.74) is -0.0284. The molecule has 1 amide bonds. The highest BCUT2D eigenvalue weighted by Crippen LogP contribution is 2.30. The van der Waals surface area contributed by atoms with E-state index in [1.165, 1.54) is 6.34 Å². The summed E-state index contributed by atoms with van der Waals surface area (Å²) in [5.74, 6) is 0.125. The van der Waals surface area contributed by atoms with E-state index in [4.69, 9.17) is 5.41 Å². The summed E-state index contributed by atoms with van der Waals surface area (Å²) in [4.78, 5) is 21.7. The normalized spacial score (nSPS) is 24.1. The number of carbonyl (C=O) groups is 1. The summed E-state index contributed by atoms with van der Waals surface area (Å²) >= 11 is 0. The van der Waals surface area contributed by atoms with Gasteiger partial charge in [0.2, 0.25) is 5.91 Å². The molecule has 0 aromatic rings. The molecule has 0 aromatic heterocycles. The van der Waals surface area contributed by atoms with Gasteiger partial charge in [0.1, 0.15) is 12.7 Å². The van der Waals surface area contributed by atoms with Crippen molar-refractivity contribution in [2.45, 2.75) is 32.7 Å². The molecule has 1 saturated heterocycles. The molecule has 1 aliphatic heterocycles. The van der Waals surface area contributed by atoms with E-state index in [2.05, 4.69) is 29.1 Å². The topological polar surface area (TPSA) is 80.9 Å². The summed E-state index contributed by atoms with van der Waals surface area (Å²) in [6.45, 7) is 5.49. The molecule has 106 valence electrons. The Morgan fingerprint density at radius 2 is 2.26 bits per heavy atom. The monoisotopic (exact) mass is 265 g/mol. The second kappa shape index (κ2) is 7.13. The molecule has 0 saturated carbocycles. The van der Waals surface area contributed by atoms with E-state index in [-0.39, 0.29) is 17.4 Å². The highest BCUT2D eigenvalue weighted by atomic mass is 16.2. The first kappa shape index (κ1) is 15.5. The Hall–Kier alpha value is -1.56. The summed E-state index contributed by atoms with van der Waals surface area (Å²) in [5, 5.41) is 9.85. The number of aliphatic imine (C=N–C) groups is 2. The molecule has 1 rings (SSSR count). The SMILES string of the molecule is CNC1C(=O)N(C/C=N/C=N\C=N)CCCC1(C)C. The Morgan fingerprint density at radius 1 is 1.53 bits per heavy atom. The lowest BCUT2D eigenvalue weighted by Gasteiger charge is -2.32. The number of hydrogen-bond acceptors (Lipinski definition) is 3.